The molecule has 0 N–H and O–H groups in total. The van der Waals surface area contributed by atoms with Gasteiger partial charge in [-0.1, -0.05) is 16.8 Å². The second-order valence-corrected chi connectivity index (χ2v) is 6.03. The molecule has 7 heteroatoms. The summed E-state index contributed by atoms with van der Waals surface area (Å²) in [5, 5.41) is 4.68. The van der Waals surface area contributed by atoms with Gasteiger partial charge in [0.05, 0.1) is 19.6 Å². The van der Waals surface area contributed by atoms with Crippen LogP contribution in [0.2, 0.25) is 5.02 Å². The molecular formula is C16H18ClN3O3. The van der Waals surface area contributed by atoms with Gasteiger partial charge in [-0.2, -0.15) is 4.98 Å². The van der Waals surface area contributed by atoms with Gasteiger partial charge in [-0.05, 0) is 50.2 Å². The number of hydrogen-bond donors (Lipinski definition) is 0. The van der Waals surface area contributed by atoms with Gasteiger partial charge < -0.3 is 9.26 Å². The number of methoxy groups -OCH3 is 1. The molecule has 122 valence electrons. The predicted molar refractivity (Wildman–Crippen MR) is 84.8 cm³/mol. The Morgan fingerprint density at radius 3 is 2.70 bits per heavy atom. The summed E-state index contributed by atoms with van der Waals surface area (Å²) in [4.78, 5) is 18.2. The van der Waals surface area contributed by atoms with Gasteiger partial charge in [-0.25, -0.2) is 0 Å². The number of piperidine rings is 1. The first-order valence-electron chi connectivity index (χ1n) is 7.54. The number of aromatic nitrogens is 2. The van der Waals surface area contributed by atoms with E-state index in [1.54, 1.807) is 12.1 Å². The van der Waals surface area contributed by atoms with Crippen LogP contribution in [0.25, 0.3) is 11.4 Å². The third kappa shape index (κ3) is 3.89. The fourth-order valence-electron chi connectivity index (χ4n) is 2.72. The van der Waals surface area contributed by atoms with Gasteiger partial charge in [0.2, 0.25) is 11.7 Å². The molecule has 1 aromatic carbocycles. The number of carbonyl (C=O) groups excluding carboxylic acids is 1. The van der Waals surface area contributed by atoms with Crippen molar-refractivity contribution in [3.8, 4) is 11.4 Å². The van der Waals surface area contributed by atoms with Crippen LogP contribution >= 0.6 is 11.6 Å². The molecule has 0 aliphatic carbocycles. The molecule has 1 aliphatic rings. The van der Waals surface area contributed by atoms with E-state index in [-0.39, 0.29) is 11.9 Å². The first-order chi connectivity index (χ1) is 11.2. The van der Waals surface area contributed by atoms with Crippen LogP contribution in [0, 0.1) is 5.92 Å². The van der Waals surface area contributed by atoms with Crippen LogP contribution in [0.1, 0.15) is 18.7 Å². The Morgan fingerprint density at radius 1 is 1.35 bits per heavy atom. The van der Waals surface area contributed by atoms with E-state index in [2.05, 4.69) is 15.0 Å². The number of hydrogen-bond acceptors (Lipinski definition) is 6. The van der Waals surface area contributed by atoms with E-state index in [1.807, 2.05) is 12.1 Å². The third-order valence-electron chi connectivity index (χ3n) is 4.05. The van der Waals surface area contributed by atoms with E-state index >= 15 is 0 Å². The van der Waals surface area contributed by atoms with Gasteiger partial charge in [0, 0.05) is 10.6 Å². The molecule has 1 saturated heterocycles. The third-order valence-corrected chi connectivity index (χ3v) is 4.30. The molecule has 0 saturated carbocycles. The second-order valence-electron chi connectivity index (χ2n) is 5.59. The minimum absolute atomic E-state index is 0.00330. The lowest BCUT2D eigenvalue weighted by Gasteiger charge is -2.29. The van der Waals surface area contributed by atoms with Crippen LogP contribution in [0.4, 0.5) is 0 Å². The molecule has 6 nitrogen and oxygen atoms in total. The van der Waals surface area contributed by atoms with E-state index in [1.165, 1.54) is 7.11 Å². The lowest BCUT2D eigenvalue weighted by Crippen LogP contribution is -2.36. The molecule has 0 unspecified atom stereocenters. The number of likely N-dealkylation sites (tertiary alicyclic amines) is 1. The topological polar surface area (TPSA) is 68.5 Å². The van der Waals surface area contributed by atoms with Crippen molar-refractivity contribution in [2.24, 2.45) is 5.92 Å². The highest BCUT2D eigenvalue weighted by Crippen LogP contribution is 2.22. The van der Waals surface area contributed by atoms with Crippen LogP contribution < -0.4 is 0 Å². The minimum Gasteiger partial charge on any atom is -0.469 e. The summed E-state index contributed by atoms with van der Waals surface area (Å²) in [6.07, 6.45) is 1.59. The summed E-state index contributed by atoms with van der Waals surface area (Å²) in [5.41, 5.74) is 0.869. The average Bonchev–Trinajstić information content (AvgIpc) is 3.04. The average molecular weight is 336 g/mol. The minimum atomic E-state index is -0.118. The highest BCUT2D eigenvalue weighted by Gasteiger charge is 2.26. The molecule has 1 fully saturated rings. The molecule has 1 aliphatic heterocycles. The number of carbonyl (C=O) groups is 1. The number of rotatable bonds is 4. The first kappa shape index (κ1) is 16.0. The summed E-state index contributed by atoms with van der Waals surface area (Å²) in [7, 11) is 1.44. The Balaban J connectivity index is 1.58. The zero-order chi connectivity index (χ0) is 16.2. The zero-order valence-electron chi connectivity index (χ0n) is 12.9. The van der Waals surface area contributed by atoms with Crippen LogP contribution in [0.3, 0.4) is 0 Å². The van der Waals surface area contributed by atoms with Gasteiger partial charge in [0.15, 0.2) is 0 Å². The van der Waals surface area contributed by atoms with Crippen molar-refractivity contribution < 1.29 is 14.1 Å². The Hall–Kier alpha value is -1.92. The highest BCUT2D eigenvalue weighted by molar-refractivity contribution is 6.30. The predicted octanol–water partition coefficient (Wildman–Crippen LogP) is 2.78. The normalized spacial score (nSPS) is 16.4. The lowest BCUT2D eigenvalue weighted by atomic mass is 9.97. The lowest BCUT2D eigenvalue weighted by molar-refractivity contribution is -0.147. The van der Waals surface area contributed by atoms with E-state index in [0.717, 1.165) is 31.5 Å². The van der Waals surface area contributed by atoms with E-state index < -0.39 is 0 Å². The molecule has 3 rings (SSSR count). The molecule has 0 radical (unpaired) electrons. The van der Waals surface area contributed by atoms with Crippen molar-refractivity contribution in [1.82, 2.24) is 15.0 Å². The fraction of sp³-hybridized carbons (Fsp3) is 0.438. The largest absolute Gasteiger partial charge is 0.469 e. The van der Waals surface area contributed by atoms with E-state index in [9.17, 15) is 4.79 Å². The molecule has 23 heavy (non-hydrogen) atoms. The molecular weight excluding hydrogens is 318 g/mol. The van der Waals surface area contributed by atoms with Crippen LogP contribution in [0.15, 0.2) is 28.8 Å². The van der Waals surface area contributed by atoms with Gasteiger partial charge in [-0.3, -0.25) is 9.69 Å². The Labute approximate surface area is 139 Å². The molecule has 2 heterocycles. The summed E-state index contributed by atoms with van der Waals surface area (Å²) in [6, 6.07) is 7.31. The van der Waals surface area contributed by atoms with Crippen LogP contribution in [-0.4, -0.2) is 41.2 Å². The molecule has 1 aromatic heterocycles. The van der Waals surface area contributed by atoms with Crippen LogP contribution in [0.5, 0.6) is 0 Å². The quantitative estimate of drug-likeness (QED) is 0.800. The van der Waals surface area contributed by atoms with Gasteiger partial charge in [0.25, 0.3) is 0 Å². The Morgan fingerprint density at radius 2 is 2.04 bits per heavy atom. The van der Waals surface area contributed by atoms with Gasteiger partial charge >= 0.3 is 5.97 Å². The van der Waals surface area contributed by atoms with Crippen molar-refractivity contribution in [3.63, 3.8) is 0 Å². The standard InChI is InChI=1S/C16H18ClN3O3/c1-22-16(21)12-6-8-20(9-7-12)10-14-18-15(19-23-14)11-2-4-13(17)5-3-11/h2-5,12H,6-10H2,1H3. The van der Waals surface area contributed by atoms with Crippen LogP contribution in [-0.2, 0) is 16.1 Å². The maximum absolute atomic E-state index is 11.5. The number of ether oxygens (including phenoxy) is 1. The van der Waals surface area contributed by atoms with Crippen molar-refractivity contribution in [3.05, 3.63) is 35.2 Å². The van der Waals surface area contributed by atoms with Gasteiger partial charge in [0.1, 0.15) is 0 Å². The number of benzene rings is 1. The Kier molecular flexibility index (Phi) is 4.93. The van der Waals surface area contributed by atoms with Crippen molar-refractivity contribution in [2.75, 3.05) is 20.2 Å². The number of nitrogens with zero attached hydrogens (tertiary/aromatic N) is 3. The van der Waals surface area contributed by atoms with E-state index in [0.29, 0.717) is 23.3 Å². The smallest absolute Gasteiger partial charge is 0.308 e. The summed E-state index contributed by atoms with van der Waals surface area (Å²) < 4.78 is 10.1. The number of halogens is 1. The first-order valence-corrected chi connectivity index (χ1v) is 7.92. The summed E-state index contributed by atoms with van der Waals surface area (Å²) in [5.74, 6) is 1.02. The molecule has 2 aromatic rings. The highest BCUT2D eigenvalue weighted by atomic mass is 35.5. The summed E-state index contributed by atoms with van der Waals surface area (Å²) in [6.45, 7) is 2.23. The second kappa shape index (κ2) is 7.10. The number of esters is 1. The SMILES string of the molecule is COC(=O)C1CCN(Cc2nc(-c3ccc(Cl)cc3)no2)CC1. The fourth-order valence-corrected chi connectivity index (χ4v) is 2.85. The van der Waals surface area contributed by atoms with Crippen molar-refractivity contribution in [1.29, 1.82) is 0 Å². The maximum Gasteiger partial charge on any atom is 0.308 e. The molecule has 0 atom stereocenters. The zero-order valence-corrected chi connectivity index (χ0v) is 13.6. The molecule has 0 amide bonds. The van der Waals surface area contributed by atoms with Crippen molar-refractivity contribution >= 4 is 17.6 Å². The molecule has 0 bridgehead atoms. The van der Waals surface area contributed by atoms with Gasteiger partial charge in [-0.15, -0.1) is 0 Å². The Bertz CT molecular complexity index is 663. The summed E-state index contributed by atoms with van der Waals surface area (Å²) >= 11 is 5.87. The molecule has 0 spiro atoms. The van der Waals surface area contributed by atoms with E-state index in [4.69, 9.17) is 20.9 Å². The monoisotopic (exact) mass is 335 g/mol. The van der Waals surface area contributed by atoms with Crippen molar-refractivity contribution in [2.45, 2.75) is 19.4 Å². The maximum atomic E-state index is 11.5.